The molecular formula is C23H26ClN7O3. The van der Waals surface area contributed by atoms with Crippen LogP contribution in [0.5, 0.6) is 0 Å². The van der Waals surface area contributed by atoms with Crippen molar-refractivity contribution in [2.75, 3.05) is 36.5 Å². The lowest BCUT2D eigenvalue weighted by Gasteiger charge is -2.47. The summed E-state index contributed by atoms with van der Waals surface area (Å²) in [6, 6.07) is 1.77. The molecule has 178 valence electrons. The average molecular weight is 484 g/mol. The van der Waals surface area contributed by atoms with Gasteiger partial charge in [0.1, 0.15) is 22.3 Å². The number of morpholine rings is 1. The summed E-state index contributed by atoms with van der Waals surface area (Å²) in [7, 11) is 0. The van der Waals surface area contributed by atoms with Crippen LogP contribution in [0.4, 0.5) is 11.6 Å². The van der Waals surface area contributed by atoms with Gasteiger partial charge < -0.3 is 25.0 Å². The lowest BCUT2D eigenvalue weighted by molar-refractivity contribution is -0.148. The number of fused-ring (bicyclic) bond motifs is 4. The van der Waals surface area contributed by atoms with Crippen LogP contribution in [0.2, 0.25) is 5.15 Å². The first-order valence-corrected chi connectivity index (χ1v) is 12.2. The van der Waals surface area contributed by atoms with Gasteiger partial charge in [0.2, 0.25) is 0 Å². The second kappa shape index (κ2) is 8.66. The van der Waals surface area contributed by atoms with E-state index in [2.05, 4.69) is 25.2 Å². The van der Waals surface area contributed by atoms with Crippen LogP contribution in [0, 0.1) is 17.8 Å². The second-order valence-electron chi connectivity index (χ2n) is 9.34. The number of aromatic nitrogens is 5. The summed E-state index contributed by atoms with van der Waals surface area (Å²) < 4.78 is 5.52. The maximum Gasteiger partial charge on any atom is 0.308 e. The molecule has 4 heterocycles. The Kier molecular flexibility index (Phi) is 5.49. The van der Waals surface area contributed by atoms with Crippen LogP contribution in [-0.2, 0) is 9.53 Å². The molecule has 3 saturated carbocycles. The molecule has 1 aliphatic heterocycles. The standard InChI is InChI=1S/C23H26ClN7O3/c24-15-11-26-22-20(27-15)14(10-25-22)21-29-16(9-17(30-21)31-5-7-34-8-6-31)28-19-13-3-1-12(2-4-13)18(19)23(32)33/h9-13,18-19H,1-8H2,(H,25,26)(H,32,33)(H,28,29,30)/t12?,13?,18-,19-/m0/s1. The highest BCUT2D eigenvalue weighted by atomic mass is 35.5. The van der Waals surface area contributed by atoms with Gasteiger partial charge in [-0.15, -0.1) is 0 Å². The van der Waals surface area contributed by atoms with Crippen molar-refractivity contribution in [1.82, 2.24) is 24.9 Å². The maximum absolute atomic E-state index is 12.2. The summed E-state index contributed by atoms with van der Waals surface area (Å²) in [5.41, 5.74) is 1.89. The highest BCUT2D eigenvalue weighted by molar-refractivity contribution is 6.29. The third-order valence-electron chi connectivity index (χ3n) is 7.46. The van der Waals surface area contributed by atoms with E-state index in [1.807, 2.05) is 6.07 Å². The summed E-state index contributed by atoms with van der Waals surface area (Å²) in [5, 5.41) is 13.8. The Morgan fingerprint density at radius 3 is 2.68 bits per heavy atom. The number of aliphatic carboxylic acids is 1. The Balaban J connectivity index is 1.41. The van der Waals surface area contributed by atoms with Crippen molar-refractivity contribution in [3.8, 4) is 11.4 Å². The van der Waals surface area contributed by atoms with Crippen LogP contribution in [0.15, 0.2) is 18.5 Å². The van der Waals surface area contributed by atoms with Crippen LogP contribution < -0.4 is 10.2 Å². The number of carboxylic acids is 1. The lowest BCUT2D eigenvalue weighted by atomic mass is 9.61. The molecule has 3 N–H and O–H groups in total. The van der Waals surface area contributed by atoms with E-state index in [9.17, 15) is 9.90 Å². The molecule has 34 heavy (non-hydrogen) atoms. The number of rotatable bonds is 5. The molecule has 3 aromatic heterocycles. The molecule has 2 bridgehead atoms. The van der Waals surface area contributed by atoms with E-state index in [1.54, 1.807) is 6.20 Å². The van der Waals surface area contributed by atoms with E-state index in [1.165, 1.54) is 6.20 Å². The Labute approximate surface area is 201 Å². The Hall–Kier alpha value is -2.98. The molecule has 0 aromatic carbocycles. The zero-order valence-electron chi connectivity index (χ0n) is 18.6. The third kappa shape index (κ3) is 3.84. The molecule has 3 aromatic rings. The summed E-state index contributed by atoms with van der Waals surface area (Å²) in [4.78, 5) is 35.8. The zero-order valence-corrected chi connectivity index (χ0v) is 19.3. The summed E-state index contributed by atoms with van der Waals surface area (Å²) in [5.74, 6) is 1.29. The van der Waals surface area contributed by atoms with E-state index in [0.717, 1.165) is 44.6 Å². The molecule has 4 fully saturated rings. The summed E-state index contributed by atoms with van der Waals surface area (Å²) >= 11 is 6.11. The van der Waals surface area contributed by atoms with Crippen LogP contribution in [0.25, 0.3) is 22.6 Å². The number of aromatic amines is 1. The van der Waals surface area contributed by atoms with E-state index in [-0.39, 0.29) is 12.0 Å². The molecule has 0 radical (unpaired) electrons. The number of H-pyrrole nitrogens is 1. The third-order valence-corrected chi connectivity index (χ3v) is 7.64. The van der Waals surface area contributed by atoms with Crippen molar-refractivity contribution in [2.24, 2.45) is 17.8 Å². The predicted molar refractivity (Wildman–Crippen MR) is 127 cm³/mol. The van der Waals surface area contributed by atoms with Gasteiger partial charge in [-0.3, -0.25) is 4.79 Å². The van der Waals surface area contributed by atoms with E-state index < -0.39 is 11.9 Å². The number of carboxylic acid groups (broad SMARTS) is 1. The molecule has 1 saturated heterocycles. The zero-order chi connectivity index (χ0) is 23.2. The van der Waals surface area contributed by atoms with Gasteiger partial charge in [0.25, 0.3) is 0 Å². The second-order valence-corrected chi connectivity index (χ2v) is 9.72. The molecule has 4 aliphatic rings. The molecule has 3 aliphatic carbocycles. The predicted octanol–water partition coefficient (Wildman–Crippen LogP) is 3.21. The largest absolute Gasteiger partial charge is 0.481 e. The molecule has 0 amide bonds. The van der Waals surface area contributed by atoms with Crippen molar-refractivity contribution >= 4 is 40.4 Å². The average Bonchev–Trinajstić information content (AvgIpc) is 3.28. The van der Waals surface area contributed by atoms with Crippen LogP contribution in [-0.4, -0.2) is 68.3 Å². The fraction of sp³-hybridized carbons (Fsp3) is 0.522. The molecular weight excluding hydrogens is 458 g/mol. The number of nitrogens with zero attached hydrogens (tertiary/aromatic N) is 5. The van der Waals surface area contributed by atoms with E-state index >= 15 is 0 Å². The van der Waals surface area contributed by atoms with Crippen LogP contribution in [0.1, 0.15) is 25.7 Å². The van der Waals surface area contributed by atoms with Crippen molar-refractivity contribution < 1.29 is 14.6 Å². The van der Waals surface area contributed by atoms with E-state index in [0.29, 0.717) is 52.7 Å². The molecule has 2 atom stereocenters. The van der Waals surface area contributed by atoms with Gasteiger partial charge in [0.05, 0.1) is 30.9 Å². The Bertz CT molecular complexity index is 1220. The molecule has 0 spiro atoms. The first kappa shape index (κ1) is 21.5. The SMILES string of the molecule is O=C(O)[C@H]1C2CCC(CC2)[C@@H]1Nc1cc(N2CCOCC2)nc(-c2c[nH]c3ncc(Cl)nc23)n1. The number of hydrogen-bond donors (Lipinski definition) is 3. The fourth-order valence-electron chi connectivity index (χ4n) is 5.81. The number of nitrogens with one attached hydrogen (secondary N) is 2. The first-order valence-electron chi connectivity index (χ1n) is 11.8. The van der Waals surface area contributed by atoms with Crippen LogP contribution >= 0.6 is 11.6 Å². The number of anilines is 2. The smallest absolute Gasteiger partial charge is 0.308 e. The summed E-state index contributed by atoms with van der Waals surface area (Å²) in [6.45, 7) is 2.70. The van der Waals surface area contributed by atoms with E-state index in [4.69, 9.17) is 26.3 Å². The minimum Gasteiger partial charge on any atom is -0.481 e. The Morgan fingerprint density at radius 1 is 1.15 bits per heavy atom. The number of carbonyl (C=O) groups is 1. The lowest BCUT2D eigenvalue weighted by Crippen LogP contribution is -2.51. The van der Waals surface area contributed by atoms with Gasteiger partial charge in [-0.05, 0) is 37.5 Å². The monoisotopic (exact) mass is 483 g/mol. The molecule has 0 unspecified atom stereocenters. The summed E-state index contributed by atoms with van der Waals surface area (Å²) in [6.07, 6.45) is 7.36. The van der Waals surface area contributed by atoms with Crippen molar-refractivity contribution in [3.63, 3.8) is 0 Å². The quantitative estimate of drug-likeness (QED) is 0.500. The first-order chi connectivity index (χ1) is 16.6. The van der Waals surface area contributed by atoms with Crippen LogP contribution in [0.3, 0.4) is 0 Å². The van der Waals surface area contributed by atoms with Gasteiger partial charge in [0, 0.05) is 31.4 Å². The van der Waals surface area contributed by atoms with Crippen molar-refractivity contribution in [3.05, 3.63) is 23.6 Å². The van der Waals surface area contributed by atoms with Crippen molar-refractivity contribution in [1.29, 1.82) is 0 Å². The topological polar surface area (TPSA) is 129 Å². The van der Waals surface area contributed by atoms with Gasteiger partial charge in [-0.1, -0.05) is 11.6 Å². The van der Waals surface area contributed by atoms with Gasteiger partial charge in [0.15, 0.2) is 11.5 Å². The molecule has 11 heteroatoms. The number of ether oxygens (including phenoxy) is 1. The van der Waals surface area contributed by atoms with Gasteiger partial charge in [-0.25, -0.2) is 19.9 Å². The van der Waals surface area contributed by atoms with Crippen molar-refractivity contribution in [2.45, 2.75) is 31.7 Å². The maximum atomic E-state index is 12.2. The Morgan fingerprint density at radius 2 is 1.91 bits per heavy atom. The van der Waals surface area contributed by atoms with Gasteiger partial charge >= 0.3 is 5.97 Å². The fourth-order valence-corrected chi connectivity index (χ4v) is 5.94. The normalized spacial score (nSPS) is 26.7. The minimum atomic E-state index is -0.726. The van der Waals surface area contributed by atoms with Gasteiger partial charge in [-0.2, -0.15) is 0 Å². The highest BCUT2D eigenvalue weighted by Crippen LogP contribution is 2.46. The molecule has 10 nitrogen and oxygen atoms in total. The molecule has 7 rings (SSSR count). The highest BCUT2D eigenvalue weighted by Gasteiger charge is 2.47. The number of hydrogen-bond acceptors (Lipinski definition) is 8. The number of halogens is 1. The minimum absolute atomic E-state index is 0.150.